The van der Waals surface area contributed by atoms with Gasteiger partial charge in [0, 0.05) is 0 Å². The van der Waals surface area contributed by atoms with E-state index >= 15 is 0 Å². The molecule has 0 saturated carbocycles. The molecule has 0 aromatic rings. The molecule has 0 unspecified atom stereocenters. The highest BCUT2D eigenvalue weighted by molar-refractivity contribution is 4.75. The second kappa shape index (κ2) is 2.70. The lowest BCUT2D eigenvalue weighted by Gasteiger charge is -2.28. The molecule has 0 aromatic carbocycles. The quantitative estimate of drug-likeness (QED) is 0.606. The van der Waals surface area contributed by atoms with Crippen molar-refractivity contribution in [3.05, 3.63) is 0 Å². The second-order valence-electron chi connectivity index (χ2n) is 3.69. The molecule has 0 rings (SSSR count). The van der Waals surface area contributed by atoms with Crippen LogP contribution in [0.1, 0.15) is 34.6 Å². The fourth-order valence-electron chi connectivity index (χ4n) is 0.816. The molecular formula is C8H18O. The molecule has 0 aliphatic carbocycles. The van der Waals surface area contributed by atoms with Gasteiger partial charge in [0.2, 0.25) is 0 Å². The summed E-state index contributed by atoms with van der Waals surface area (Å²) >= 11 is 0. The van der Waals surface area contributed by atoms with Gasteiger partial charge in [-0.1, -0.05) is 20.8 Å². The average molecular weight is 130 g/mol. The summed E-state index contributed by atoms with van der Waals surface area (Å²) < 4.78 is 0. The van der Waals surface area contributed by atoms with Crippen LogP contribution in [-0.2, 0) is 0 Å². The zero-order valence-electron chi connectivity index (χ0n) is 7.10. The van der Waals surface area contributed by atoms with Gasteiger partial charge in [-0.05, 0) is 25.7 Å². The van der Waals surface area contributed by atoms with Crippen molar-refractivity contribution in [2.75, 3.05) is 0 Å². The summed E-state index contributed by atoms with van der Waals surface area (Å²) in [4.78, 5) is 0. The summed E-state index contributed by atoms with van der Waals surface area (Å²) in [5, 5.41) is 9.46. The molecule has 9 heavy (non-hydrogen) atoms. The average Bonchev–Trinajstić information content (AvgIpc) is 1.62. The largest absolute Gasteiger partial charge is 0.390 e. The second-order valence-corrected chi connectivity index (χ2v) is 3.69. The first kappa shape index (κ1) is 8.96. The Kier molecular flexibility index (Phi) is 2.68. The maximum atomic E-state index is 9.46. The molecule has 56 valence electrons. The van der Waals surface area contributed by atoms with Crippen LogP contribution in [0.3, 0.4) is 0 Å². The first-order chi connectivity index (χ1) is 3.85. The Morgan fingerprint density at radius 1 is 1.11 bits per heavy atom. The highest BCUT2D eigenvalue weighted by Crippen LogP contribution is 2.22. The molecule has 0 heterocycles. The third-order valence-corrected chi connectivity index (χ3v) is 2.11. The van der Waals surface area contributed by atoms with Crippen molar-refractivity contribution in [2.24, 2.45) is 11.8 Å². The summed E-state index contributed by atoms with van der Waals surface area (Å²) in [7, 11) is 0. The summed E-state index contributed by atoms with van der Waals surface area (Å²) in [6.07, 6.45) is 0. The summed E-state index contributed by atoms with van der Waals surface area (Å²) in [5.41, 5.74) is -0.520. The van der Waals surface area contributed by atoms with Gasteiger partial charge in [-0.3, -0.25) is 0 Å². The third-order valence-electron chi connectivity index (χ3n) is 2.11. The first-order valence-corrected chi connectivity index (χ1v) is 3.58. The Morgan fingerprint density at radius 3 is 1.44 bits per heavy atom. The van der Waals surface area contributed by atoms with E-state index in [1.807, 2.05) is 13.8 Å². The molecule has 0 aliphatic heterocycles. The van der Waals surface area contributed by atoms with Gasteiger partial charge in [-0.2, -0.15) is 0 Å². The van der Waals surface area contributed by atoms with Gasteiger partial charge >= 0.3 is 0 Å². The normalized spacial score (nSPS) is 16.3. The minimum atomic E-state index is -0.520. The standard InChI is InChI=1S/C8H18O/c1-6(2)7(3)8(4,5)9/h6-7,9H,1-5H3/t7-/m1/s1. The summed E-state index contributed by atoms with van der Waals surface area (Å²) in [6.45, 7) is 10.0. The van der Waals surface area contributed by atoms with Crippen LogP contribution in [0.4, 0.5) is 0 Å². The molecule has 0 bridgehead atoms. The van der Waals surface area contributed by atoms with Crippen LogP contribution in [-0.4, -0.2) is 10.7 Å². The third kappa shape index (κ3) is 2.85. The Morgan fingerprint density at radius 2 is 1.44 bits per heavy atom. The number of hydrogen-bond donors (Lipinski definition) is 1. The Labute approximate surface area is 58.1 Å². The van der Waals surface area contributed by atoms with E-state index in [1.54, 1.807) is 0 Å². The molecule has 0 aliphatic rings. The molecule has 0 aromatic heterocycles. The van der Waals surface area contributed by atoms with Gasteiger partial charge in [-0.15, -0.1) is 0 Å². The molecular weight excluding hydrogens is 112 g/mol. The van der Waals surface area contributed by atoms with E-state index in [0.717, 1.165) is 0 Å². The predicted octanol–water partition coefficient (Wildman–Crippen LogP) is 2.05. The van der Waals surface area contributed by atoms with Crippen LogP contribution in [0.25, 0.3) is 0 Å². The van der Waals surface area contributed by atoms with Crippen molar-refractivity contribution in [1.82, 2.24) is 0 Å². The van der Waals surface area contributed by atoms with Crippen molar-refractivity contribution < 1.29 is 5.11 Å². The van der Waals surface area contributed by atoms with Gasteiger partial charge in [0.15, 0.2) is 0 Å². The van der Waals surface area contributed by atoms with Crippen LogP contribution < -0.4 is 0 Å². The molecule has 1 heteroatoms. The van der Waals surface area contributed by atoms with Crippen LogP contribution in [0, 0.1) is 11.8 Å². The highest BCUT2D eigenvalue weighted by Gasteiger charge is 2.24. The van der Waals surface area contributed by atoms with Gasteiger partial charge in [0.1, 0.15) is 0 Å². The van der Waals surface area contributed by atoms with Gasteiger partial charge in [0.05, 0.1) is 5.60 Å². The molecule has 0 fully saturated rings. The van der Waals surface area contributed by atoms with Crippen LogP contribution in [0.15, 0.2) is 0 Å². The molecule has 1 N–H and O–H groups in total. The van der Waals surface area contributed by atoms with Crippen molar-refractivity contribution in [3.63, 3.8) is 0 Å². The van der Waals surface area contributed by atoms with Crippen molar-refractivity contribution in [2.45, 2.75) is 40.2 Å². The van der Waals surface area contributed by atoms with Crippen LogP contribution >= 0.6 is 0 Å². The maximum Gasteiger partial charge on any atom is 0.0619 e. The lowest BCUT2D eigenvalue weighted by atomic mass is 9.84. The minimum Gasteiger partial charge on any atom is -0.390 e. The summed E-state index contributed by atoms with van der Waals surface area (Å²) in [5.74, 6) is 0.933. The Bertz CT molecular complexity index is 79.1. The molecule has 1 nitrogen and oxygen atoms in total. The first-order valence-electron chi connectivity index (χ1n) is 3.58. The molecule has 0 amide bonds. The van der Waals surface area contributed by atoms with E-state index in [0.29, 0.717) is 11.8 Å². The van der Waals surface area contributed by atoms with Crippen molar-refractivity contribution >= 4 is 0 Å². The molecule has 0 saturated heterocycles. The predicted molar refractivity (Wildman–Crippen MR) is 40.3 cm³/mol. The lowest BCUT2D eigenvalue weighted by Crippen LogP contribution is -2.31. The number of aliphatic hydroxyl groups is 1. The number of rotatable bonds is 2. The lowest BCUT2D eigenvalue weighted by molar-refractivity contribution is 0.00539. The Hall–Kier alpha value is -0.0400. The monoisotopic (exact) mass is 130 g/mol. The maximum absolute atomic E-state index is 9.46. The Balaban J connectivity index is 3.88. The van der Waals surface area contributed by atoms with Gasteiger partial charge < -0.3 is 5.11 Å². The van der Waals surface area contributed by atoms with E-state index in [9.17, 15) is 5.11 Å². The van der Waals surface area contributed by atoms with E-state index in [-0.39, 0.29) is 0 Å². The van der Waals surface area contributed by atoms with Crippen LogP contribution in [0.2, 0.25) is 0 Å². The van der Waals surface area contributed by atoms with Crippen LogP contribution in [0.5, 0.6) is 0 Å². The fourth-order valence-corrected chi connectivity index (χ4v) is 0.816. The van der Waals surface area contributed by atoms with Gasteiger partial charge in [0.25, 0.3) is 0 Å². The molecule has 0 spiro atoms. The number of hydrogen-bond acceptors (Lipinski definition) is 1. The molecule has 0 radical (unpaired) electrons. The van der Waals surface area contributed by atoms with Gasteiger partial charge in [-0.25, -0.2) is 0 Å². The zero-order valence-corrected chi connectivity index (χ0v) is 7.10. The topological polar surface area (TPSA) is 20.2 Å². The smallest absolute Gasteiger partial charge is 0.0619 e. The molecule has 1 atom stereocenters. The van der Waals surface area contributed by atoms with E-state index in [2.05, 4.69) is 20.8 Å². The van der Waals surface area contributed by atoms with E-state index in [1.165, 1.54) is 0 Å². The zero-order chi connectivity index (χ0) is 7.65. The highest BCUT2D eigenvalue weighted by atomic mass is 16.3. The van der Waals surface area contributed by atoms with Crippen molar-refractivity contribution in [1.29, 1.82) is 0 Å². The minimum absolute atomic E-state index is 0.373. The summed E-state index contributed by atoms with van der Waals surface area (Å²) in [6, 6.07) is 0. The fraction of sp³-hybridized carbons (Fsp3) is 1.00. The van der Waals surface area contributed by atoms with Crippen molar-refractivity contribution in [3.8, 4) is 0 Å². The SMILES string of the molecule is CC(C)[C@@H](C)C(C)(C)O. The van der Waals surface area contributed by atoms with E-state index < -0.39 is 5.60 Å². The van der Waals surface area contributed by atoms with E-state index in [4.69, 9.17) is 0 Å².